The molecule has 1 saturated heterocycles. The predicted octanol–water partition coefficient (Wildman–Crippen LogP) is 2.91. The van der Waals surface area contributed by atoms with Crippen LogP contribution in [-0.2, 0) is 32.2 Å². The second-order valence-corrected chi connectivity index (χ2v) is 6.46. The highest BCUT2D eigenvalue weighted by Crippen LogP contribution is 2.27. The fourth-order valence-electron chi connectivity index (χ4n) is 3.14. The average Bonchev–Trinajstić information content (AvgIpc) is 2.69. The lowest BCUT2D eigenvalue weighted by Gasteiger charge is -2.42. The summed E-state index contributed by atoms with van der Waals surface area (Å²) in [4.78, 5) is 0. The Bertz CT molecular complexity index is 648. The molecule has 1 fully saturated rings. The van der Waals surface area contributed by atoms with Crippen molar-refractivity contribution in [3.63, 3.8) is 0 Å². The number of hydrogen-bond donors (Lipinski definition) is 1. The molecule has 3 rings (SSSR count). The number of aliphatic hydroxyl groups is 1. The molecule has 5 atom stereocenters. The predicted molar refractivity (Wildman–Crippen MR) is 97.4 cm³/mol. The van der Waals surface area contributed by atoms with E-state index in [0.29, 0.717) is 13.2 Å². The molecule has 1 heterocycles. The fraction of sp³-hybridized carbons (Fsp3) is 0.429. The van der Waals surface area contributed by atoms with Crippen LogP contribution in [0.1, 0.15) is 18.1 Å². The van der Waals surface area contributed by atoms with Crippen LogP contribution >= 0.6 is 0 Å². The molecule has 0 aliphatic carbocycles. The van der Waals surface area contributed by atoms with E-state index >= 15 is 0 Å². The molecular weight excluding hydrogens is 332 g/mol. The molecule has 1 N–H and O–H groups in total. The summed E-state index contributed by atoms with van der Waals surface area (Å²) in [6, 6.07) is 19.8. The lowest BCUT2D eigenvalue weighted by Crippen LogP contribution is -2.58. The molecule has 1 aliphatic heterocycles. The van der Waals surface area contributed by atoms with Gasteiger partial charge in [-0.25, -0.2) is 0 Å². The van der Waals surface area contributed by atoms with Crippen LogP contribution in [0.5, 0.6) is 0 Å². The molecule has 0 amide bonds. The Hall–Kier alpha value is -1.76. The minimum atomic E-state index is -0.930. The van der Waals surface area contributed by atoms with E-state index in [1.165, 1.54) is 7.11 Å². The third kappa shape index (κ3) is 4.69. The molecule has 3 unspecified atom stereocenters. The Morgan fingerprint density at radius 2 is 1.35 bits per heavy atom. The Labute approximate surface area is 154 Å². The third-order valence-electron chi connectivity index (χ3n) is 4.55. The second kappa shape index (κ2) is 9.26. The van der Waals surface area contributed by atoms with Crippen molar-refractivity contribution < 1.29 is 24.1 Å². The number of methoxy groups -OCH3 is 1. The first-order valence-electron chi connectivity index (χ1n) is 8.86. The normalized spacial score (nSPS) is 28.8. The second-order valence-electron chi connectivity index (χ2n) is 6.46. The SMILES string of the molecule is CO[C@H]1OC(C)[C@@H](OCc2ccccc2)C(OCc2ccccc2)C1O. The Morgan fingerprint density at radius 1 is 0.846 bits per heavy atom. The molecule has 2 aromatic rings. The van der Waals surface area contributed by atoms with E-state index in [4.69, 9.17) is 18.9 Å². The van der Waals surface area contributed by atoms with Gasteiger partial charge < -0.3 is 24.1 Å². The van der Waals surface area contributed by atoms with Crippen LogP contribution in [0.4, 0.5) is 0 Å². The molecule has 0 spiro atoms. The van der Waals surface area contributed by atoms with Crippen LogP contribution in [0, 0.1) is 0 Å². The van der Waals surface area contributed by atoms with Gasteiger partial charge in [0.1, 0.15) is 18.3 Å². The van der Waals surface area contributed by atoms with E-state index in [0.717, 1.165) is 11.1 Å². The zero-order valence-corrected chi connectivity index (χ0v) is 15.2. The maximum atomic E-state index is 10.6. The van der Waals surface area contributed by atoms with Gasteiger partial charge in [0.15, 0.2) is 6.29 Å². The van der Waals surface area contributed by atoms with Crippen LogP contribution < -0.4 is 0 Å². The van der Waals surface area contributed by atoms with Crippen LogP contribution in [0.2, 0.25) is 0 Å². The summed E-state index contributed by atoms with van der Waals surface area (Å²) in [6.45, 7) is 2.72. The minimum Gasteiger partial charge on any atom is -0.385 e. The Morgan fingerprint density at radius 3 is 1.85 bits per heavy atom. The van der Waals surface area contributed by atoms with Gasteiger partial charge in [-0.1, -0.05) is 60.7 Å². The van der Waals surface area contributed by atoms with Gasteiger partial charge in [-0.2, -0.15) is 0 Å². The number of hydrogen-bond acceptors (Lipinski definition) is 5. The lowest BCUT2D eigenvalue weighted by atomic mass is 9.99. The van der Waals surface area contributed by atoms with Crippen molar-refractivity contribution in [3.8, 4) is 0 Å². The highest BCUT2D eigenvalue weighted by Gasteiger charge is 2.45. The van der Waals surface area contributed by atoms with Gasteiger partial charge in [-0.05, 0) is 18.1 Å². The summed E-state index contributed by atoms with van der Waals surface area (Å²) < 4.78 is 23.1. The van der Waals surface area contributed by atoms with Gasteiger partial charge >= 0.3 is 0 Å². The molecule has 5 heteroatoms. The molecule has 2 aromatic carbocycles. The van der Waals surface area contributed by atoms with E-state index in [1.807, 2.05) is 67.6 Å². The van der Waals surface area contributed by atoms with Gasteiger partial charge in [-0.3, -0.25) is 0 Å². The summed E-state index contributed by atoms with van der Waals surface area (Å²) in [5.74, 6) is 0. The number of rotatable bonds is 7. The van der Waals surface area contributed by atoms with E-state index in [-0.39, 0.29) is 6.10 Å². The van der Waals surface area contributed by atoms with Gasteiger partial charge in [0.25, 0.3) is 0 Å². The number of aliphatic hydroxyl groups excluding tert-OH is 1. The number of ether oxygens (including phenoxy) is 4. The third-order valence-corrected chi connectivity index (χ3v) is 4.55. The summed E-state index contributed by atoms with van der Waals surface area (Å²) in [6.07, 6.45) is -2.89. The quantitative estimate of drug-likeness (QED) is 0.825. The van der Waals surface area contributed by atoms with Gasteiger partial charge in [0.2, 0.25) is 0 Å². The maximum absolute atomic E-state index is 10.6. The van der Waals surface area contributed by atoms with E-state index in [1.54, 1.807) is 0 Å². The zero-order chi connectivity index (χ0) is 18.4. The highest BCUT2D eigenvalue weighted by molar-refractivity contribution is 5.14. The van der Waals surface area contributed by atoms with Crippen molar-refractivity contribution in [2.45, 2.75) is 50.8 Å². The van der Waals surface area contributed by atoms with Crippen molar-refractivity contribution in [3.05, 3.63) is 71.8 Å². The molecule has 26 heavy (non-hydrogen) atoms. The summed E-state index contributed by atoms with van der Waals surface area (Å²) >= 11 is 0. The van der Waals surface area contributed by atoms with Crippen LogP contribution in [-0.4, -0.2) is 42.9 Å². The highest BCUT2D eigenvalue weighted by atomic mass is 16.7. The first-order valence-corrected chi connectivity index (χ1v) is 8.86. The summed E-state index contributed by atoms with van der Waals surface area (Å²) in [5, 5.41) is 10.6. The fourth-order valence-corrected chi connectivity index (χ4v) is 3.14. The van der Waals surface area contributed by atoms with Crippen LogP contribution in [0.25, 0.3) is 0 Å². The van der Waals surface area contributed by atoms with Crippen LogP contribution in [0.15, 0.2) is 60.7 Å². The van der Waals surface area contributed by atoms with Gasteiger partial charge in [0.05, 0.1) is 19.3 Å². The monoisotopic (exact) mass is 358 g/mol. The molecule has 0 saturated carbocycles. The Kier molecular flexibility index (Phi) is 6.77. The molecule has 140 valence electrons. The van der Waals surface area contributed by atoms with E-state index in [9.17, 15) is 5.11 Å². The zero-order valence-electron chi connectivity index (χ0n) is 15.2. The molecular formula is C21H26O5. The molecule has 0 aromatic heterocycles. The van der Waals surface area contributed by atoms with Crippen molar-refractivity contribution in [1.29, 1.82) is 0 Å². The first-order chi connectivity index (χ1) is 12.7. The summed E-state index contributed by atoms with van der Waals surface area (Å²) in [7, 11) is 1.51. The van der Waals surface area contributed by atoms with Gasteiger partial charge in [-0.15, -0.1) is 0 Å². The van der Waals surface area contributed by atoms with Gasteiger partial charge in [0, 0.05) is 7.11 Å². The van der Waals surface area contributed by atoms with Crippen LogP contribution in [0.3, 0.4) is 0 Å². The number of benzene rings is 2. The topological polar surface area (TPSA) is 57.2 Å². The van der Waals surface area contributed by atoms with Crippen molar-refractivity contribution in [1.82, 2.24) is 0 Å². The van der Waals surface area contributed by atoms with E-state index < -0.39 is 24.6 Å². The van der Waals surface area contributed by atoms with Crippen molar-refractivity contribution >= 4 is 0 Å². The van der Waals surface area contributed by atoms with Crippen molar-refractivity contribution in [2.24, 2.45) is 0 Å². The molecule has 1 aliphatic rings. The maximum Gasteiger partial charge on any atom is 0.186 e. The molecule has 0 radical (unpaired) electrons. The largest absolute Gasteiger partial charge is 0.385 e. The molecule has 5 nitrogen and oxygen atoms in total. The Balaban J connectivity index is 1.69. The first kappa shape index (κ1) is 19.0. The van der Waals surface area contributed by atoms with E-state index in [2.05, 4.69) is 0 Å². The average molecular weight is 358 g/mol. The smallest absolute Gasteiger partial charge is 0.186 e. The minimum absolute atomic E-state index is 0.271. The van der Waals surface area contributed by atoms with Crippen molar-refractivity contribution in [2.75, 3.05) is 7.11 Å². The lowest BCUT2D eigenvalue weighted by molar-refractivity contribution is -0.303. The standard InChI is InChI=1S/C21H26O5/c1-15-19(24-13-16-9-5-3-6-10-16)20(18(22)21(23-2)26-15)25-14-17-11-7-4-8-12-17/h3-12,15,18-22H,13-14H2,1-2H3/t15?,18?,19-,20?,21+/m1/s1. The summed E-state index contributed by atoms with van der Waals surface area (Å²) in [5.41, 5.74) is 2.10. The molecule has 0 bridgehead atoms.